The van der Waals surface area contributed by atoms with Gasteiger partial charge < -0.3 is 14.2 Å². The number of nitrogens with zero attached hydrogens (tertiary/aromatic N) is 1. The number of nitro benzene ring substituents is 1. The fraction of sp³-hybridized carbons (Fsp3) is 0.158. The van der Waals surface area contributed by atoms with E-state index in [1.807, 2.05) is 0 Å². The fourth-order valence-corrected chi connectivity index (χ4v) is 2.76. The summed E-state index contributed by atoms with van der Waals surface area (Å²) in [5, 5.41) is 10.6. The highest BCUT2D eigenvalue weighted by molar-refractivity contribution is 9.10. The SMILES string of the molecule is O=C1OCC(OCCOC(=O)c2ccc([N+](=O)[O-])cc2)=C1c1ccc(Br)cc1. The van der Waals surface area contributed by atoms with Crippen LogP contribution >= 0.6 is 15.9 Å². The molecular formula is C19H14BrNO7. The lowest BCUT2D eigenvalue weighted by molar-refractivity contribution is -0.384. The molecule has 1 aliphatic rings. The molecule has 1 heterocycles. The number of ether oxygens (including phenoxy) is 3. The average Bonchev–Trinajstić information content (AvgIpc) is 3.06. The Morgan fingerprint density at radius 2 is 1.79 bits per heavy atom. The van der Waals surface area contributed by atoms with Crippen molar-refractivity contribution in [1.29, 1.82) is 0 Å². The molecule has 0 atom stereocenters. The molecule has 3 rings (SSSR count). The molecule has 0 unspecified atom stereocenters. The molecule has 2 aromatic rings. The van der Waals surface area contributed by atoms with Gasteiger partial charge in [0.25, 0.3) is 5.69 Å². The van der Waals surface area contributed by atoms with Gasteiger partial charge in [-0.1, -0.05) is 28.1 Å². The molecule has 9 heteroatoms. The van der Waals surface area contributed by atoms with E-state index in [1.54, 1.807) is 24.3 Å². The van der Waals surface area contributed by atoms with Crippen molar-refractivity contribution < 1.29 is 28.7 Å². The summed E-state index contributed by atoms with van der Waals surface area (Å²) < 4.78 is 16.6. The first-order valence-electron chi connectivity index (χ1n) is 8.16. The average molecular weight is 448 g/mol. The fourth-order valence-electron chi connectivity index (χ4n) is 2.50. The van der Waals surface area contributed by atoms with Crippen LogP contribution in [-0.4, -0.2) is 36.7 Å². The molecule has 0 saturated carbocycles. The van der Waals surface area contributed by atoms with Crippen molar-refractivity contribution in [2.45, 2.75) is 0 Å². The van der Waals surface area contributed by atoms with Gasteiger partial charge in [-0.2, -0.15) is 0 Å². The molecule has 0 aromatic heterocycles. The Labute approximate surface area is 168 Å². The Bertz CT molecular complexity index is 936. The molecule has 0 saturated heterocycles. The van der Waals surface area contributed by atoms with Crippen LogP contribution in [0.4, 0.5) is 5.69 Å². The molecule has 0 amide bonds. The van der Waals surface area contributed by atoms with Crippen LogP contribution in [0, 0.1) is 10.1 Å². The highest BCUT2D eigenvalue weighted by Crippen LogP contribution is 2.28. The number of nitro groups is 1. The van der Waals surface area contributed by atoms with Crippen LogP contribution in [0.2, 0.25) is 0 Å². The van der Waals surface area contributed by atoms with Gasteiger partial charge in [-0.05, 0) is 29.8 Å². The molecule has 28 heavy (non-hydrogen) atoms. The zero-order chi connectivity index (χ0) is 20.1. The van der Waals surface area contributed by atoms with Gasteiger partial charge in [0.15, 0.2) is 0 Å². The molecule has 2 aromatic carbocycles. The minimum absolute atomic E-state index is 0.0144. The molecule has 144 valence electrons. The number of halogens is 1. The van der Waals surface area contributed by atoms with E-state index in [1.165, 1.54) is 24.3 Å². The number of rotatable bonds is 7. The van der Waals surface area contributed by atoms with Gasteiger partial charge in [-0.15, -0.1) is 0 Å². The Morgan fingerprint density at radius 3 is 2.43 bits per heavy atom. The first-order valence-corrected chi connectivity index (χ1v) is 8.95. The molecule has 0 fully saturated rings. The number of benzene rings is 2. The predicted octanol–water partition coefficient (Wildman–Crippen LogP) is 3.50. The van der Waals surface area contributed by atoms with Crippen LogP contribution < -0.4 is 0 Å². The Hall–Kier alpha value is -3.20. The third kappa shape index (κ3) is 4.55. The molecule has 0 N–H and O–H groups in total. The Balaban J connectivity index is 1.56. The summed E-state index contributed by atoms with van der Waals surface area (Å²) in [5.74, 6) is -0.724. The summed E-state index contributed by atoms with van der Waals surface area (Å²) in [5.41, 5.74) is 1.09. The number of non-ortho nitro benzene ring substituents is 1. The Morgan fingerprint density at radius 1 is 1.11 bits per heavy atom. The van der Waals surface area contributed by atoms with Gasteiger partial charge >= 0.3 is 11.9 Å². The minimum atomic E-state index is -0.626. The maximum Gasteiger partial charge on any atom is 0.342 e. The topological polar surface area (TPSA) is 105 Å². The maximum atomic E-state index is 12.0. The predicted molar refractivity (Wildman–Crippen MR) is 101 cm³/mol. The quantitative estimate of drug-likeness (QED) is 0.276. The second-order valence-corrected chi connectivity index (χ2v) is 6.59. The second-order valence-electron chi connectivity index (χ2n) is 5.67. The second kappa shape index (κ2) is 8.66. The molecule has 1 aliphatic heterocycles. The molecule has 8 nitrogen and oxygen atoms in total. The molecule has 0 aliphatic carbocycles. The summed E-state index contributed by atoms with van der Waals surface area (Å²) in [6, 6.07) is 12.2. The smallest absolute Gasteiger partial charge is 0.342 e. The van der Waals surface area contributed by atoms with E-state index in [-0.39, 0.29) is 31.1 Å². The van der Waals surface area contributed by atoms with Gasteiger partial charge in [0.2, 0.25) is 0 Å². The lowest BCUT2D eigenvalue weighted by Gasteiger charge is -2.09. The number of cyclic esters (lactones) is 1. The van der Waals surface area contributed by atoms with E-state index in [0.29, 0.717) is 16.9 Å². The third-order valence-corrected chi connectivity index (χ3v) is 4.39. The van der Waals surface area contributed by atoms with Crippen molar-refractivity contribution in [2.24, 2.45) is 0 Å². The van der Waals surface area contributed by atoms with Crippen molar-refractivity contribution in [3.63, 3.8) is 0 Å². The minimum Gasteiger partial charge on any atom is -0.490 e. The summed E-state index contributed by atoms with van der Waals surface area (Å²) in [7, 11) is 0. The molecular weight excluding hydrogens is 434 g/mol. The van der Waals surface area contributed by atoms with Crippen LogP contribution in [0.1, 0.15) is 15.9 Å². The Kier molecular flexibility index (Phi) is 6.05. The summed E-state index contributed by atoms with van der Waals surface area (Å²) in [4.78, 5) is 34.0. The lowest BCUT2D eigenvalue weighted by Crippen LogP contribution is -2.11. The van der Waals surface area contributed by atoms with Gasteiger partial charge in [-0.25, -0.2) is 9.59 Å². The summed E-state index contributed by atoms with van der Waals surface area (Å²) >= 11 is 3.33. The van der Waals surface area contributed by atoms with E-state index in [9.17, 15) is 19.7 Å². The van der Waals surface area contributed by atoms with Crippen LogP contribution in [-0.2, 0) is 19.0 Å². The van der Waals surface area contributed by atoms with E-state index in [4.69, 9.17) is 14.2 Å². The van der Waals surface area contributed by atoms with Crippen molar-refractivity contribution >= 4 is 39.1 Å². The van der Waals surface area contributed by atoms with Crippen molar-refractivity contribution in [1.82, 2.24) is 0 Å². The van der Waals surface area contributed by atoms with Gasteiger partial charge in [0.05, 0.1) is 10.5 Å². The maximum absolute atomic E-state index is 12.0. The third-order valence-electron chi connectivity index (χ3n) is 3.86. The highest BCUT2D eigenvalue weighted by Gasteiger charge is 2.27. The van der Waals surface area contributed by atoms with E-state index >= 15 is 0 Å². The monoisotopic (exact) mass is 447 g/mol. The lowest BCUT2D eigenvalue weighted by atomic mass is 10.1. The number of hydrogen-bond acceptors (Lipinski definition) is 7. The number of hydrogen-bond donors (Lipinski definition) is 0. The van der Waals surface area contributed by atoms with Crippen LogP contribution in [0.3, 0.4) is 0 Å². The normalized spacial score (nSPS) is 13.2. The van der Waals surface area contributed by atoms with E-state index < -0.39 is 16.9 Å². The van der Waals surface area contributed by atoms with Crippen LogP contribution in [0.25, 0.3) is 5.57 Å². The molecule has 0 radical (unpaired) electrons. The van der Waals surface area contributed by atoms with E-state index in [0.717, 1.165) is 4.47 Å². The first-order chi connectivity index (χ1) is 13.5. The summed E-state index contributed by atoms with van der Waals surface area (Å²) in [6.07, 6.45) is 0. The van der Waals surface area contributed by atoms with Crippen molar-refractivity contribution in [2.75, 3.05) is 19.8 Å². The first kappa shape index (κ1) is 19.6. The standard InChI is InChI=1S/C19H14BrNO7/c20-14-5-1-12(2-6-14)17-16(11-28-19(17)23)26-9-10-27-18(22)13-3-7-15(8-4-13)21(24)25/h1-8H,9-11H2. The summed E-state index contributed by atoms with van der Waals surface area (Å²) in [6.45, 7) is -0.00756. The van der Waals surface area contributed by atoms with Gasteiger partial charge in [0, 0.05) is 16.6 Å². The largest absolute Gasteiger partial charge is 0.490 e. The number of carbonyl (C=O) groups is 2. The number of esters is 2. The van der Waals surface area contributed by atoms with Gasteiger partial charge in [0.1, 0.15) is 31.2 Å². The zero-order valence-corrected chi connectivity index (χ0v) is 16.0. The van der Waals surface area contributed by atoms with E-state index in [2.05, 4.69) is 15.9 Å². The van der Waals surface area contributed by atoms with Crippen molar-refractivity contribution in [3.05, 3.63) is 80.0 Å². The highest BCUT2D eigenvalue weighted by atomic mass is 79.9. The number of carbonyl (C=O) groups excluding carboxylic acids is 2. The molecule has 0 spiro atoms. The molecule has 0 bridgehead atoms. The van der Waals surface area contributed by atoms with Crippen molar-refractivity contribution in [3.8, 4) is 0 Å². The zero-order valence-electron chi connectivity index (χ0n) is 14.4. The van der Waals surface area contributed by atoms with Crippen LogP contribution in [0.5, 0.6) is 0 Å². The van der Waals surface area contributed by atoms with Crippen LogP contribution in [0.15, 0.2) is 58.8 Å². The van der Waals surface area contributed by atoms with Gasteiger partial charge in [-0.3, -0.25) is 10.1 Å².